The Hall–Kier alpha value is -1.72. The molecule has 0 spiro atoms. The summed E-state index contributed by atoms with van der Waals surface area (Å²) in [5, 5.41) is 0.668. The quantitative estimate of drug-likeness (QED) is 0.722. The van der Waals surface area contributed by atoms with Crippen LogP contribution in [0.25, 0.3) is 0 Å². The first kappa shape index (κ1) is 18.1. The minimum atomic E-state index is -4.32. The van der Waals surface area contributed by atoms with E-state index in [9.17, 15) is 13.2 Å². The number of likely N-dealkylation sites (N-methyl/N-ethyl adjacent to an activating group) is 1. The molecular weight excluding hydrogens is 349 g/mol. The van der Waals surface area contributed by atoms with E-state index in [1.807, 2.05) is 32.2 Å². The molecule has 6 heteroatoms. The molecule has 1 aliphatic heterocycles. The van der Waals surface area contributed by atoms with Gasteiger partial charge in [0.05, 0.1) is 22.3 Å². The van der Waals surface area contributed by atoms with Gasteiger partial charge in [0.2, 0.25) is 0 Å². The monoisotopic (exact) mass is 368 g/mol. The molecule has 25 heavy (non-hydrogen) atoms. The Bertz CT molecular complexity index is 743. The van der Waals surface area contributed by atoms with Crippen LogP contribution >= 0.6 is 11.6 Å². The third-order valence-corrected chi connectivity index (χ3v) is 4.92. The average Bonchev–Trinajstić information content (AvgIpc) is 2.55. The first-order chi connectivity index (χ1) is 11.8. The Morgan fingerprint density at radius 1 is 1.04 bits per heavy atom. The van der Waals surface area contributed by atoms with Crippen LogP contribution in [0.2, 0.25) is 5.02 Å². The molecule has 1 heterocycles. The summed E-state index contributed by atoms with van der Waals surface area (Å²) in [7, 11) is 2.02. The van der Waals surface area contributed by atoms with Gasteiger partial charge in [-0.2, -0.15) is 13.2 Å². The number of rotatable bonds is 2. The van der Waals surface area contributed by atoms with E-state index in [1.54, 1.807) is 12.1 Å². The van der Waals surface area contributed by atoms with Gasteiger partial charge in [-0.3, -0.25) is 0 Å². The summed E-state index contributed by atoms with van der Waals surface area (Å²) in [4.78, 5) is 4.37. The summed E-state index contributed by atoms with van der Waals surface area (Å²) in [5.74, 6) is 0. The zero-order valence-electron chi connectivity index (χ0n) is 14.1. The Morgan fingerprint density at radius 2 is 1.72 bits per heavy atom. The third kappa shape index (κ3) is 3.93. The molecule has 0 aliphatic carbocycles. The van der Waals surface area contributed by atoms with E-state index in [1.165, 1.54) is 0 Å². The standard InChI is InChI=1S/C19H20ClF3N2/c1-13-3-8-17(16(20)11-13)25-10-9-24(2)12-18(25)14-4-6-15(7-5-14)19(21,22)23/h3-8,11,18H,9-10,12H2,1-2H3. The van der Waals surface area contributed by atoms with Crippen LogP contribution in [0, 0.1) is 6.92 Å². The van der Waals surface area contributed by atoms with Crippen molar-refractivity contribution in [2.24, 2.45) is 0 Å². The van der Waals surface area contributed by atoms with Gasteiger partial charge in [0, 0.05) is 19.6 Å². The lowest BCUT2D eigenvalue weighted by Crippen LogP contribution is -2.47. The van der Waals surface area contributed by atoms with Crippen LogP contribution in [0.15, 0.2) is 42.5 Å². The molecule has 1 atom stereocenters. The molecule has 0 saturated carbocycles. The fourth-order valence-electron chi connectivity index (χ4n) is 3.23. The topological polar surface area (TPSA) is 6.48 Å². The van der Waals surface area contributed by atoms with Crippen molar-refractivity contribution >= 4 is 17.3 Å². The van der Waals surface area contributed by atoms with Crippen molar-refractivity contribution in [3.05, 3.63) is 64.2 Å². The molecular formula is C19H20ClF3N2. The van der Waals surface area contributed by atoms with Gasteiger partial charge in [0.25, 0.3) is 0 Å². The number of anilines is 1. The van der Waals surface area contributed by atoms with Crippen molar-refractivity contribution in [2.75, 3.05) is 31.6 Å². The number of hydrogen-bond acceptors (Lipinski definition) is 2. The molecule has 134 valence electrons. The minimum absolute atomic E-state index is 0.0405. The molecule has 1 unspecified atom stereocenters. The molecule has 0 bridgehead atoms. The highest BCUT2D eigenvalue weighted by molar-refractivity contribution is 6.33. The van der Waals surface area contributed by atoms with Crippen LogP contribution in [0.4, 0.5) is 18.9 Å². The smallest absolute Gasteiger partial charge is 0.361 e. The van der Waals surface area contributed by atoms with Crippen LogP contribution in [0.3, 0.4) is 0 Å². The van der Waals surface area contributed by atoms with Crippen LogP contribution in [0.1, 0.15) is 22.7 Å². The maximum atomic E-state index is 12.8. The summed E-state index contributed by atoms with van der Waals surface area (Å²) in [5.41, 5.74) is 2.23. The molecule has 1 fully saturated rings. The van der Waals surface area contributed by atoms with Crippen LogP contribution in [0.5, 0.6) is 0 Å². The molecule has 0 amide bonds. The average molecular weight is 369 g/mol. The van der Waals surface area contributed by atoms with E-state index in [0.717, 1.165) is 48.6 Å². The van der Waals surface area contributed by atoms with E-state index in [4.69, 9.17) is 11.6 Å². The molecule has 1 aliphatic rings. The number of piperazine rings is 1. The van der Waals surface area contributed by atoms with Crippen molar-refractivity contribution in [1.82, 2.24) is 4.90 Å². The molecule has 0 N–H and O–H groups in total. The maximum absolute atomic E-state index is 12.8. The van der Waals surface area contributed by atoms with Crippen molar-refractivity contribution in [3.63, 3.8) is 0 Å². The number of alkyl halides is 3. The molecule has 0 radical (unpaired) electrons. The van der Waals surface area contributed by atoms with E-state index in [-0.39, 0.29) is 6.04 Å². The van der Waals surface area contributed by atoms with Crippen molar-refractivity contribution in [3.8, 4) is 0 Å². The predicted octanol–water partition coefficient (Wildman–Crippen LogP) is 5.16. The molecule has 3 rings (SSSR count). The normalized spacial score (nSPS) is 19.3. The Labute approximate surface area is 150 Å². The summed E-state index contributed by atoms with van der Waals surface area (Å²) < 4.78 is 38.5. The fourth-order valence-corrected chi connectivity index (χ4v) is 3.58. The minimum Gasteiger partial charge on any atom is -0.361 e. The van der Waals surface area contributed by atoms with Gasteiger partial charge in [-0.05, 0) is 49.4 Å². The second-order valence-electron chi connectivity index (χ2n) is 6.55. The number of hydrogen-bond donors (Lipinski definition) is 0. The molecule has 0 aromatic heterocycles. The molecule has 2 aromatic carbocycles. The van der Waals surface area contributed by atoms with Gasteiger partial charge in [-0.25, -0.2) is 0 Å². The second kappa shape index (κ2) is 6.89. The largest absolute Gasteiger partial charge is 0.416 e. The summed E-state index contributed by atoms with van der Waals surface area (Å²) in [6.07, 6.45) is -4.32. The zero-order chi connectivity index (χ0) is 18.2. The first-order valence-corrected chi connectivity index (χ1v) is 8.52. The number of nitrogens with zero attached hydrogens (tertiary/aromatic N) is 2. The highest BCUT2D eigenvalue weighted by Gasteiger charge is 2.32. The number of aryl methyl sites for hydroxylation is 1. The summed E-state index contributed by atoms with van der Waals surface area (Å²) in [6, 6.07) is 11.3. The first-order valence-electron chi connectivity index (χ1n) is 8.14. The Kier molecular flexibility index (Phi) is 4.98. The van der Waals surface area contributed by atoms with E-state index < -0.39 is 11.7 Å². The second-order valence-corrected chi connectivity index (χ2v) is 6.95. The van der Waals surface area contributed by atoms with Crippen molar-refractivity contribution in [1.29, 1.82) is 0 Å². The lowest BCUT2D eigenvalue weighted by atomic mass is 9.99. The van der Waals surface area contributed by atoms with Crippen LogP contribution in [-0.4, -0.2) is 31.6 Å². The highest BCUT2D eigenvalue weighted by Crippen LogP contribution is 2.36. The Balaban J connectivity index is 1.95. The molecule has 2 nitrogen and oxygen atoms in total. The summed E-state index contributed by atoms with van der Waals surface area (Å²) in [6.45, 7) is 4.36. The maximum Gasteiger partial charge on any atom is 0.416 e. The van der Waals surface area contributed by atoms with Gasteiger partial charge < -0.3 is 9.80 Å². The van der Waals surface area contributed by atoms with Crippen molar-refractivity contribution in [2.45, 2.75) is 19.1 Å². The predicted molar refractivity (Wildman–Crippen MR) is 95.2 cm³/mol. The van der Waals surface area contributed by atoms with Crippen LogP contribution < -0.4 is 4.90 Å². The Morgan fingerprint density at radius 3 is 2.32 bits per heavy atom. The SMILES string of the molecule is Cc1ccc(N2CCN(C)CC2c2ccc(C(F)(F)F)cc2)c(Cl)c1. The van der Waals surface area contributed by atoms with Gasteiger partial charge in [0.1, 0.15) is 0 Å². The highest BCUT2D eigenvalue weighted by atomic mass is 35.5. The van der Waals surface area contributed by atoms with Gasteiger partial charge in [-0.15, -0.1) is 0 Å². The van der Waals surface area contributed by atoms with Gasteiger partial charge in [-0.1, -0.05) is 29.8 Å². The summed E-state index contributed by atoms with van der Waals surface area (Å²) >= 11 is 6.43. The lowest BCUT2D eigenvalue weighted by molar-refractivity contribution is -0.137. The zero-order valence-corrected chi connectivity index (χ0v) is 14.9. The van der Waals surface area contributed by atoms with E-state index in [0.29, 0.717) is 5.02 Å². The van der Waals surface area contributed by atoms with E-state index in [2.05, 4.69) is 9.80 Å². The fraction of sp³-hybridized carbons (Fsp3) is 0.368. The lowest BCUT2D eigenvalue weighted by Gasteiger charge is -2.42. The molecule has 2 aromatic rings. The third-order valence-electron chi connectivity index (χ3n) is 4.62. The van der Waals surface area contributed by atoms with Crippen LogP contribution in [-0.2, 0) is 6.18 Å². The molecule has 1 saturated heterocycles. The van der Waals surface area contributed by atoms with Crippen molar-refractivity contribution < 1.29 is 13.2 Å². The van der Waals surface area contributed by atoms with Gasteiger partial charge in [0.15, 0.2) is 0 Å². The van der Waals surface area contributed by atoms with Gasteiger partial charge >= 0.3 is 6.18 Å². The van der Waals surface area contributed by atoms with E-state index >= 15 is 0 Å². The number of benzene rings is 2. The number of halogens is 4.